The Morgan fingerprint density at radius 3 is 2.09 bits per heavy atom. The molecular weight excluding hydrogens is 470 g/mol. The average molecular weight is 494 g/mol. The number of benzene rings is 3. The molecule has 0 unspecified atom stereocenters. The molecule has 0 bridgehead atoms. The molecule has 0 radical (unpaired) electrons. The van der Waals surface area contributed by atoms with E-state index < -0.39 is 12.0 Å². The maximum atomic E-state index is 13.0. The van der Waals surface area contributed by atoms with Crippen LogP contribution in [0.15, 0.2) is 66.7 Å². The normalized spacial score (nSPS) is 13.5. The summed E-state index contributed by atoms with van der Waals surface area (Å²) in [6.45, 7) is 3.93. The molecule has 3 N–H and O–H groups in total. The van der Waals surface area contributed by atoms with Gasteiger partial charge in [0.15, 0.2) is 5.11 Å². The van der Waals surface area contributed by atoms with Crippen molar-refractivity contribution < 1.29 is 14.7 Å². The van der Waals surface area contributed by atoms with Crippen molar-refractivity contribution in [2.24, 2.45) is 5.92 Å². The molecule has 0 saturated carbocycles. The van der Waals surface area contributed by atoms with E-state index in [2.05, 4.69) is 10.6 Å². The van der Waals surface area contributed by atoms with Gasteiger partial charge in [0.1, 0.15) is 6.04 Å². The summed E-state index contributed by atoms with van der Waals surface area (Å²) in [5, 5.41) is 17.0. The Morgan fingerprint density at radius 2 is 1.53 bits per heavy atom. The maximum Gasteiger partial charge on any atom is 0.326 e. The first-order chi connectivity index (χ1) is 16.2. The lowest BCUT2D eigenvalue weighted by Crippen LogP contribution is -2.44. The lowest BCUT2D eigenvalue weighted by atomic mass is 10.00. The summed E-state index contributed by atoms with van der Waals surface area (Å²) in [4.78, 5) is 26.2. The summed E-state index contributed by atoms with van der Waals surface area (Å²) in [7, 11) is 0. The summed E-state index contributed by atoms with van der Waals surface area (Å²) in [5.74, 6) is -1.41. The highest BCUT2D eigenvalue weighted by Gasteiger charge is 2.38. The van der Waals surface area contributed by atoms with Crippen molar-refractivity contribution in [3.63, 3.8) is 0 Å². The number of nitrogens with zero attached hydrogens (tertiary/aromatic N) is 1. The van der Waals surface area contributed by atoms with Crippen LogP contribution in [0.25, 0.3) is 11.1 Å². The van der Waals surface area contributed by atoms with E-state index in [1.807, 2.05) is 68.4 Å². The fraction of sp³-hybridized carbons (Fsp3) is 0.192. The molecule has 3 aromatic carbocycles. The second kappa shape index (κ2) is 9.83. The molecule has 1 amide bonds. The van der Waals surface area contributed by atoms with Crippen LogP contribution in [0, 0.1) is 5.92 Å². The molecule has 0 spiro atoms. The number of carboxylic acid groups (broad SMARTS) is 1. The number of nitrogens with one attached hydrogen (secondary N) is 2. The predicted molar refractivity (Wildman–Crippen MR) is 139 cm³/mol. The molecule has 0 aromatic heterocycles. The van der Waals surface area contributed by atoms with Gasteiger partial charge in [-0.25, -0.2) is 4.79 Å². The maximum absolute atomic E-state index is 13.0. The van der Waals surface area contributed by atoms with E-state index in [1.54, 1.807) is 12.1 Å². The van der Waals surface area contributed by atoms with E-state index in [0.717, 1.165) is 28.1 Å². The third-order valence-corrected chi connectivity index (χ3v) is 6.20. The van der Waals surface area contributed by atoms with E-state index in [-0.39, 0.29) is 11.8 Å². The third kappa shape index (κ3) is 5.05. The Labute approximate surface area is 208 Å². The molecule has 1 aliphatic heterocycles. The number of carbonyl (C=O) groups excluding carboxylic acids is 1. The Hall–Kier alpha value is -3.42. The van der Waals surface area contributed by atoms with Gasteiger partial charge in [0, 0.05) is 28.5 Å². The number of anilines is 2. The van der Waals surface area contributed by atoms with E-state index in [9.17, 15) is 14.7 Å². The van der Waals surface area contributed by atoms with Gasteiger partial charge in [-0.05, 0) is 77.3 Å². The van der Waals surface area contributed by atoms with Crippen molar-refractivity contribution in [2.45, 2.75) is 26.4 Å². The number of fused-ring (bicyclic) bond motifs is 1. The monoisotopic (exact) mass is 493 g/mol. The largest absolute Gasteiger partial charge is 0.480 e. The van der Waals surface area contributed by atoms with Crippen molar-refractivity contribution in [2.75, 3.05) is 10.6 Å². The minimum Gasteiger partial charge on any atom is -0.480 e. The fourth-order valence-electron chi connectivity index (χ4n) is 4.08. The second-order valence-electron chi connectivity index (χ2n) is 8.50. The van der Waals surface area contributed by atoms with Gasteiger partial charge in [-0.1, -0.05) is 49.7 Å². The van der Waals surface area contributed by atoms with Crippen molar-refractivity contribution in [1.82, 2.24) is 4.90 Å². The molecule has 174 valence electrons. The number of rotatable bonds is 6. The molecule has 0 saturated heterocycles. The van der Waals surface area contributed by atoms with E-state index in [0.29, 0.717) is 22.2 Å². The highest BCUT2D eigenvalue weighted by molar-refractivity contribution is 7.80. The number of halogens is 1. The second-order valence-corrected chi connectivity index (χ2v) is 9.34. The number of thiocarbonyl (C=S) groups is 1. The molecule has 1 heterocycles. The number of aliphatic carboxylic acids is 1. The minimum atomic E-state index is -0.983. The van der Waals surface area contributed by atoms with Crippen LogP contribution in [0.3, 0.4) is 0 Å². The van der Waals surface area contributed by atoms with Crippen LogP contribution in [-0.2, 0) is 11.3 Å². The van der Waals surface area contributed by atoms with Crippen LogP contribution in [0.5, 0.6) is 0 Å². The van der Waals surface area contributed by atoms with Crippen LogP contribution in [0.4, 0.5) is 11.4 Å². The van der Waals surface area contributed by atoms with Gasteiger partial charge in [0.25, 0.3) is 5.91 Å². The molecule has 0 fully saturated rings. The lowest BCUT2D eigenvalue weighted by molar-refractivity contribution is -0.144. The van der Waals surface area contributed by atoms with Gasteiger partial charge >= 0.3 is 5.97 Å². The predicted octanol–water partition coefficient (Wildman–Crippen LogP) is 5.88. The van der Waals surface area contributed by atoms with Crippen molar-refractivity contribution in [1.29, 1.82) is 0 Å². The van der Waals surface area contributed by atoms with Gasteiger partial charge in [-0.2, -0.15) is 0 Å². The van der Waals surface area contributed by atoms with Crippen LogP contribution < -0.4 is 10.6 Å². The molecule has 1 atom stereocenters. The summed E-state index contributed by atoms with van der Waals surface area (Å²) >= 11 is 11.3. The van der Waals surface area contributed by atoms with E-state index >= 15 is 0 Å². The van der Waals surface area contributed by atoms with Gasteiger partial charge < -0.3 is 20.6 Å². The zero-order valence-corrected chi connectivity index (χ0v) is 20.3. The van der Waals surface area contributed by atoms with Crippen molar-refractivity contribution in [3.05, 3.63) is 82.9 Å². The van der Waals surface area contributed by atoms with E-state index in [4.69, 9.17) is 23.8 Å². The zero-order valence-electron chi connectivity index (χ0n) is 18.7. The smallest absolute Gasteiger partial charge is 0.326 e. The molecule has 8 heteroatoms. The van der Waals surface area contributed by atoms with Crippen LogP contribution in [0.1, 0.15) is 29.8 Å². The molecule has 3 aromatic rings. The van der Waals surface area contributed by atoms with Gasteiger partial charge in [0.05, 0.1) is 0 Å². The summed E-state index contributed by atoms with van der Waals surface area (Å²) in [6.07, 6.45) is 0. The summed E-state index contributed by atoms with van der Waals surface area (Å²) < 4.78 is 0. The Morgan fingerprint density at radius 1 is 0.971 bits per heavy atom. The molecule has 4 rings (SSSR count). The average Bonchev–Trinajstić information content (AvgIpc) is 3.11. The van der Waals surface area contributed by atoms with Crippen LogP contribution in [0.2, 0.25) is 5.02 Å². The third-order valence-electron chi connectivity index (χ3n) is 5.74. The van der Waals surface area contributed by atoms with Crippen LogP contribution in [-0.4, -0.2) is 33.0 Å². The first-order valence-electron chi connectivity index (χ1n) is 10.8. The first-order valence-corrected chi connectivity index (χ1v) is 11.6. The van der Waals surface area contributed by atoms with Crippen LogP contribution >= 0.6 is 23.8 Å². The summed E-state index contributed by atoms with van der Waals surface area (Å²) in [5.41, 5.74) is 4.88. The Balaban J connectivity index is 1.46. The van der Waals surface area contributed by atoms with E-state index in [1.165, 1.54) is 4.90 Å². The lowest BCUT2D eigenvalue weighted by Gasteiger charge is -2.27. The SMILES string of the molecule is CC(C)[C@@H](C(=O)O)N1Cc2ccc(-c3ccc(NC(=S)Nc4ccc(Cl)cc4)cc3)cc2C1=O. The molecule has 0 aliphatic carbocycles. The van der Waals surface area contributed by atoms with Gasteiger partial charge in [-0.3, -0.25) is 4.79 Å². The quantitative estimate of drug-likeness (QED) is 0.372. The number of amides is 1. The first kappa shape index (κ1) is 23.7. The number of carbonyl (C=O) groups is 2. The number of hydrogen-bond acceptors (Lipinski definition) is 3. The topological polar surface area (TPSA) is 81.7 Å². The summed E-state index contributed by atoms with van der Waals surface area (Å²) in [6, 6.07) is 19.8. The number of carboxylic acids is 1. The highest BCUT2D eigenvalue weighted by atomic mass is 35.5. The molecule has 34 heavy (non-hydrogen) atoms. The van der Waals surface area contributed by atoms with Crippen molar-refractivity contribution >= 4 is 52.2 Å². The highest BCUT2D eigenvalue weighted by Crippen LogP contribution is 2.31. The standard InChI is InChI=1S/C26H24ClN3O3S/c1-15(2)23(25(32)33)30-14-18-4-3-17(13-22(18)24(30)31)16-5-9-20(10-6-16)28-26(34)29-21-11-7-19(27)8-12-21/h3-13,15,23H,14H2,1-2H3,(H,32,33)(H2,28,29,34)/t23-/m0/s1. The molecule has 1 aliphatic rings. The van der Waals surface area contributed by atoms with Gasteiger partial charge in [-0.15, -0.1) is 0 Å². The zero-order chi connectivity index (χ0) is 24.4. The Bertz CT molecular complexity index is 1240. The van der Waals surface area contributed by atoms with Crippen molar-refractivity contribution in [3.8, 4) is 11.1 Å². The van der Waals surface area contributed by atoms with Gasteiger partial charge in [0.2, 0.25) is 0 Å². The molecular formula is C26H24ClN3O3S. The number of hydrogen-bond donors (Lipinski definition) is 3. The molecule has 6 nitrogen and oxygen atoms in total. The Kier molecular flexibility index (Phi) is 6.86. The minimum absolute atomic E-state index is 0.185. The fourth-order valence-corrected chi connectivity index (χ4v) is 4.44.